The van der Waals surface area contributed by atoms with Crippen molar-refractivity contribution in [2.75, 3.05) is 26.2 Å². The summed E-state index contributed by atoms with van der Waals surface area (Å²) in [7, 11) is 0. The van der Waals surface area contributed by atoms with Gasteiger partial charge in [0.2, 0.25) is 0 Å². The summed E-state index contributed by atoms with van der Waals surface area (Å²) in [6.07, 6.45) is 1.54. The summed E-state index contributed by atoms with van der Waals surface area (Å²) < 4.78 is 0. The number of aliphatic hydroxyl groups excluding tert-OH is 1. The summed E-state index contributed by atoms with van der Waals surface area (Å²) in [6, 6.07) is 9.38. The second-order valence-electron chi connectivity index (χ2n) is 4.67. The maximum absolute atomic E-state index is 11.3. The lowest BCUT2D eigenvalue weighted by Crippen LogP contribution is -2.40. The number of nitrogens with one attached hydrogen (secondary N) is 3. The number of urea groups is 1. The minimum atomic E-state index is -0.519. The van der Waals surface area contributed by atoms with Crippen molar-refractivity contribution in [3.63, 3.8) is 0 Å². The number of amides is 2. The standard InChI is InChI=1S/C15H25N3O2/c1-2-3-9-17-15(20)18-11-10-16-12-14(19)13-7-5-4-6-8-13/h4-8,14,16,19H,2-3,9-12H2,1H3,(H2,17,18,20)/t14-/m0/s1. The Hall–Kier alpha value is -1.59. The molecule has 0 saturated carbocycles. The summed E-state index contributed by atoms with van der Waals surface area (Å²) in [4.78, 5) is 11.3. The van der Waals surface area contributed by atoms with Crippen LogP contribution in [0.5, 0.6) is 0 Å². The fourth-order valence-electron chi connectivity index (χ4n) is 1.74. The van der Waals surface area contributed by atoms with E-state index in [4.69, 9.17) is 0 Å². The molecule has 0 unspecified atom stereocenters. The fraction of sp³-hybridized carbons (Fsp3) is 0.533. The van der Waals surface area contributed by atoms with E-state index in [2.05, 4.69) is 22.9 Å². The molecule has 0 aromatic heterocycles. The van der Waals surface area contributed by atoms with Gasteiger partial charge >= 0.3 is 6.03 Å². The Bertz CT molecular complexity index is 371. The van der Waals surface area contributed by atoms with Crippen molar-refractivity contribution in [1.82, 2.24) is 16.0 Å². The molecule has 4 N–H and O–H groups in total. The van der Waals surface area contributed by atoms with Gasteiger partial charge in [-0.2, -0.15) is 0 Å². The summed E-state index contributed by atoms with van der Waals surface area (Å²) in [5.74, 6) is 0. The number of aliphatic hydroxyl groups is 1. The Morgan fingerprint density at radius 3 is 2.55 bits per heavy atom. The highest BCUT2D eigenvalue weighted by Crippen LogP contribution is 2.09. The van der Waals surface area contributed by atoms with Gasteiger partial charge in [-0.15, -0.1) is 0 Å². The van der Waals surface area contributed by atoms with E-state index in [9.17, 15) is 9.90 Å². The lowest BCUT2D eigenvalue weighted by molar-refractivity contribution is 0.175. The predicted molar refractivity (Wildman–Crippen MR) is 80.6 cm³/mol. The average molecular weight is 279 g/mol. The van der Waals surface area contributed by atoms with Crippen LogP contribution in [0.15, 0.2) is 30.3 Å². The predicted octanol–water partition coefficient (Wildman–Crippen LogP) is 1.41. The molecule has 0 fully saturated rings. The molecule has 5 heteroatoms. The average Bonchev–Trinajstić information content (AvgIpc) is 2.48. The first-order valence-corrected chi connectivity index (χ1v) is 7.19. The Balaban J connectivity index is 2.03. The van der Waals surface area contributed by atoms with Crippen LogP contribution in [0, 0.1) is 0 Å². The van der Waals surface area contributed by atoms with Crippen molar-refractivity contribution in [3.05, 3.63) is 35.9 Å². The van der Waals surface area contributed by atoms with Gasteiger partial charge in [0.1, 0.15) is 0 Å². The number of carbonyl (C=O) groups is 1. The van der Waals surface area contributed by atoms with Crippen molar-refractivity contribution in [2.45, 2.75) is 25.9 Å². The van der Waals surface area contributed by atoms with Crippen LogP contribution in [0.1, 0.15) is 31.4 Å². The molecule has 0 saturated heterocycles. The number of hydrogen-bond donors (Lipinski definition) is 4. The molecule has 0 bridgehead atoms. The van der Waals surface area contributed by atoms with Gasteiger partial charge in [-0.3, -0.25) is 0 Å². The van der Waals surface area contributed by atoms with Crippen LogP contribution < -0.4 is 16.0 Å². The second-order valence-corrected chi connectivity index (χ2v) is 4.67. The molecule has 0 heterocycles. The largest absolute Gasteiger partial charge is 0.387 e. The topological polar surface area (TPSA) is 73.4 Å². The van der Waals surface area contributed by atoms with E-state index < -0.39 is 6.10 Å². The van der Waals surface area contributed by atoms with E-state index in [1.54, 1.807) is 0 Å². The highest BCUT2D eigenvalue weighted by Gasteiger charge is 2.05. The van der Waals surface area contributed by atoms with Crippen molar-refractivity contribution < 1.29 is 9.90 Å². The van der Waals surface area contributed by atoms with Gasteiger partial charge in [0.05, 0.1) is 6.10 Å². The summed E-state index contributed by atoms with van der Waals surface area (Å²) in [5.41, 5.74) is 0.894. The van der Waals surface area contributed by atoms with Gasteiger partial charge in [-0.25, -0.2) is 4.79 Å². The Labute approximate surface area is 120 Å². The minimum Gasteiger partial charge on any atom is -0.387 e. The third kappa shape index (κ3) is 7.11. The molecule has 0 radical (unpaired) electrons. The Morgan fingerprint density at radius 2 is 1.85 bits per heavy atom. The van der Waals surface area contributed by atoms with Crippen LogP contribution >= 0.6 is 0 Å². The number of unbranched alkanes of at least 4 members (excludes halogenated alkanes) is 1. The zero-order valence-corrected chi connectivity index (χ0v) is 12.1. The molecule has 2 amide bonds. The van der Waals surface area contributed by atoms with E-state index >= 15 is 0 Å². The first-order chi connectivity index (χ1) is 9.74. The van der Waals surface area contributed by atoms with Gasteiger partial charge in [-0.05, 0) is 12.0 Å². The molecule has 20 heavy (non-hydrogen) atoms. The third-order valence-electron chi connectivity index (χ3n) is 2.93. The van der Waals surface area contributed by atoms with Crippen LogP contribution in [0.2, 0.25) is 0 Å². The van der Waals surface area contributed by atoms with E-state index in [0.29, 0.717) is 26.2 Å². The lowest BCUT2D eigenvalue weighted by atomic mass is 10.1. The molecule has 112 valence electrons. The highest BCUT2D eigenvalue weighted by atomic mass is 16.3. The van der Waals surface area contributed by atoms with E-state index in [1.807, 2.05) is 30.3 Å². The molecule has 1 rings (SSSR count). The summed E-state index contributed by atoms with van der Waals surface area (Å²) >= 11 is 0. The van der Waals surface area contributed by atoms with Crippen molar-refractivity contribution in [2.24, 2.45) is 0 Å². The molecule has 0 spiro atoms. The number of carbonyl (C=O) groups excluding carboxylic acids is 1. The zero-order chi connectivity index (χ0) is 14.6. The van der Waals surface area contributed by atoms with Crippen molar-refractivity contribution in [3.8, 4) is 0 Å². The molecule has 1 aromatic carbocycles. The van der Waals surface area contributed by atoms with Crippen molar-refractivity contribution in [1.29, 1.82) is 0 Å². The van der Waals surface area contributed by atoms with Gasteiger partial charge in [0, 0.05) is 26.2 Å². The Kier molecular flexibility index (Phi) is 8.42. The minimum absolute atomic E-state index is 0.135. The van der Waals surface area contributed by atoms with E-state index in [-0.39, 0.29) is 6.03 Å². The quantitative estimate of drug-likeness (QED) is 0.516. The molecule has 1 aromatic rings. The molecule has 0 aliphatic heterocycles. The normalized spacial score (nSPS) is 11.9. The van der Waals surface area contributed by atoms with Gasteiger partial charge in [0.15, 0.2) is 0 Å². The first kappa shape index (κ1) is 16.5. The van der Waals surface area contributed by atoms with Crippen LogP contribution in [0.25, 0.3) is 0 Å². The molecular formula is C15H25N3O2. The van der Waals surface area contributed by atoms with Crippen LogP contribution in [0.4, 0.5) is 4.79 Å². The second kappa shape index (κ2) is 10.2. The molecule has 0 aliphatic rings. The SMILES string of the molecule is CCCCNC(=O)NCCNC[C@H](O)c1ccccc1. The third-order valence-corrected chi connectivity index (χ3v) is 2.93. The van der Waals surface area contributed by atoms with Crippen molar-refractivity contribution >= 4 is 6.03 Å². The van der Waals surface area contributed by atoms with Gasteiger partial charge in [0.25, 0.3) is 0 Å². The van der Waals surface area contributed by atoms with Gasteiger partial charge in [-0.1, -0.05) is 43.7 Å². The molecule has 5 nitrogen and oxygen atoms in total. The zero-order valence-electron chi connectivity index (χ0n) is 12.1. The number of benzene rings is 1. The highest BCUT2D eigenvalue weighted by molar-refractivity contribution is 5.73. The number of rotatable bonds is 9. The smallest absolute Gasteiger partial charge is 0.314 e. The molecule has 0 aliphatic carbocycles. The molecule has 1 atom stereocenters. The maximum Gasteiger partial charge on any atom is 0.314 e. The van der Waals surface area contributed by atoms with Crippen LogP contribution in [-0.2, 0) is 0 Å². The first-order valence-electron chi connectivity index (χ1n) is 7.19. The fourth-order valence-corrected chi connectivity index (χ4v) is 1.74. The molecular weight excluding hydrogens is 254 g/mol. The maximum atomic E-state index is 11.3. The van der Waals surface area contributed by atoms with E-state index in [0.717, 1.165) is 18.4 Å². The monoisotopic (exact) mass is 279 g/mol. The van der Waals surface area contributed by atoms with E-state index in [1.165, 1.54) is 0 Å². The number of hydrogen-bond acceptors (Lipinski definition) is 3. The van der Waals surface area contributed by atoms with Crippen LogP contribution in [0.3, 0.4) is 0 Å². The summed E-state index contributed by atoms with van der Waals surface area (Å²) in [6.45, 7) is 4.44. The lowest BCUT2D eigenvalue weighted by Gasteiger charge is -2.12. The van der Waals surface area contributed by atoms with Crippen LogP contribution in [-0.4, -0.2) is 37.3 Å². The summed E-state index contributed by atoms with van der Waals surface area (Å²) in [5, 5.41) is 18.6. The Morgan fingerprint density at radius 1 is 1.15 bits per heavy atom. The van der Waals surface area contributed by atoms with Gasteiger partial charge < -0.3 is 21.1 Å².